The summed E-state index contributed by atoms with van der Waals surface area (Å²) in [6.07, 6.45) is 0. The number of hydrogen-bond acceptors (Lipinski definition) is 6. The summed E-state index contributed by atoms with van der Waals surface area (Å²) in [5, 5.41) is 0. The average Bonchev–Trinajstić information content (AvgIpc) is 2.87. The van der Waals surface area contributed by atoms with Crippen LogP contribution in [0.5, 0.6) is 11.5 Å². The van der Waals surface area contributed by atoms with Gasteiger partial charge in [0.2, 0.25) is 0 Å². The van der Waals surface area contributed by atoms with Gasteiger partial charge in [-0.1, -0.05) is 0 Å². The van der Waals surface area contributed by atoms with Gasteiger partial charge < -0.3 is 19.9 Å². The van der Waals surface area contributed by atoms with Gasteiger partial charge in [0.15, 0.2) is 11.5 Å². The molecule has 1 aromatic carbocycles. The maximum Gasteiger partial charge on any atom is 0.350 e. The van der Waals surface area contributed by atoms with Crippen molar-refractivity contribution in [3.63, 3.8) is 0 Å². The lowest BCUT2D eigenvalue weighted by molar-refractivity contribution is 0.00764. The minimum absolute atomic E-state index is 0.407. The van der Waals surface area contributed by atoms with Crippen LogP contribution in [-0.2, 0) is 4.74 Å². The zero-order chi connectivity index (χ0) is 17.2. The lowest BCUT2D eigenvalue weighted by Crippen LogP contribution is -2.23. The quantitative estimate of drug-likeness (QED) is 0.856. The number of benzene rings is 1. The second-order valence-electron chi connectivity index (χ2n) is 5.97. The van der Waals surface area contributed by atoms with Gasteiger partial charge in [-0.25, -0.2) is 4.79 Å². The van der Waals surface area contributed by atoms with Gasteiger partial charge in [-0.05, 0) is 50.6 Å². The molecular weight excluding hydrogens is 314 g/mol. The predicted molar refractivity (Wildman–Crippen MR) is 92.4 cm³/mol. The van der Waals surface area contributed by atoms with Crippen molar-refractivity contribution in [3.05, 3.63) is 29.1 Å². The van der Waals surface area contributed by atoms with Gasteiger partial charge in [0.25, 0.3) is 0 Å². The summed E-state index contributed by atoms with van der Waals surface area (Å²) in [5.74, 6) is 0.857. The van der Waals surface area contributed by atoms with Crippen molar-refractivity contribution in [2.24, 2.45) is 0 Å². The Morgan fingerprint density at radius 3 is 2.30 bits per heavy atom. The van der Waals surface area contributed by atoms with E-state index in [1.54, 1.807) is 20.3 Å². The molecule has 6 heteroatoms. The summed E-state index contributed by atoms with van der Waals surface area (Å²) >= 11 is 1.30. The molecule has 0 unspecified atom stereocenters. The van der Waals surface area contributed by atoms with E-state index >= 15 is 0 Å². The monoisotopic (exact) mass is 335 g/mol. The molecule has 0 aliphatic carbocycles. The standard InChI is InChI=1S/C17H21NO4S/c1-17(2,3)22-16(19)15-11(18)9-14(23-15)10-6-7-12(20-4)13(8-10)21-5/h6-9H,18H2,1-5H3. The van der Waals surface area contributed by atoms with E-state index in [4.69, 9.17) is 19.9 Å². The molecule has 2 aromatic rings. The molecule has 0 saturated carbocycles. The molecule has 1 aromatic heterocycles. The van der Waals surface area contributed by atoms with Gasteiger partial charge in [0, 0.05) is 4.88 Å². The Morgan fingerprint density at radius 1 is 1.09 bits per heavy atom. The second-order valence-corrected chi connectivity index (χ2v) is 7.02. The summed E-state index contributed by atoms with van der Waals surface area (Å²) in [4.78, 5) is 13.5. The maximum absolute atomic E-state index is 12.2. The highest BCUT2D eigenvalue weighted by molar-refractivity contribution is 7.18. The zero-order valence-electron chi connectivity index (χ0n) is 13.9. The SMILES string of the molecule is COc1ccc(-c2cc(N)c(C(=O)OC(C)(C)C)s2)cc1OC. The van der Waals surface area contributed by atoms with E-state index in [1.807, 2.05) is 39.0 Å². The van der Waals surface area contributed by atoms with Crippen LogP contribution in [0.25, 0.3) is 10.4 Å². The van der Waals surface area contributed by atoms with Gasteiger partial charge in [0.05, 0.1) is 19.9 Å². The number of carbonyl (C=O) groups is 1. The van der Waals surface area contributed by atoms with Gasteiger partial charge in [0.1, 0.15) is 10.5 Å². The Morgan fingerprint density at radius 2 is 1.74 bits per heavy atom. The number of methoxy groups -OCH3 is 2. The average molecular weight is 335 g/mol. The first-order chi connectivity index (χ1) is 10.7. The van der Waals surface area contributed by atoms with Gasteiger partial charge in [-0.3, -0.25) is 0 Å². The molecule has 1 heterocycles. The molecule has 0 bridgehead atoms. The molecule has 0 amide bonds. The summed E-state index contributed by atoms with van der Waals surface area (Å²) in [5.41, 5.74) is 6.73. The third-order valence-corrected chi connectivity index (χ3v) is 4.19. The first-order valence-corrected chi connectivity index (χ1v) is 7.92. The second kappa shape index (κ2) is 6.50. The number of anilines is 1. The zero-order valence-corrected chi connectivity index (χ0v) is 14.7. The summed E-state index contributed by atoms with van der Waals surface area (Å²) in [6.45, 7) is 5.47. The van der Waals surface area contributed by atoms with Crippen LogP contribution >= 0.6 is 11.3 Å². The predicted octanol–water partition coefficient (Wildman–Crippen LogP) is 3.97. The molecular formula is C17H21NO4S. The van der Waals surface area contributed by atoms with Gasteiger partial charge in [-0.2, -0.15) is 0 Å². The summed E-state index contributed by atoms with van der Waals surface area (Å²) in [7, 11) is 3.16. The topological polar surface area (TPSA) is 70.8 Å². The van der Waals surface area contributed by atoms with Crippen LogP contribution in [-0.4, -0.2) is 25.8 Å². The molecule has 0 aliphatic heterocycles. The van der Waals surface area contributed by atoms with E-state index in [-0.39, 0.29) is 0 Å². The first-order valence-electron chi connectivity index (χ1n) is 7.10. The van der Waals surface area contributed by atoms with Crippen molar-refractivity contribution in [1.29, 1.82) is 0 Å². The molecule has 23 heavy (non-hydrogen) atoms. The van der Waals surface area contributed by atoms with Crippen LogP contribution in [0.4, 0.5) is 5.69 Å². The first kappa shape index (κ1) is 17.1. The third kappa shape index (κ3) is 3.96. The van der Waals surface area contributed by atoms with Crippen molar-refractivity contribution in [2.45, 2.75) is 26.4 Å². The Hall–Kier alpha value is -2.21. The normalized spacial score (nSPS) is 11.2. The molecule has 5 nitrogen and oxygen atoms in total. The smallest absolute Gasteiger partial charge is 0.350 e. The van der Waals surface area contributed by atoms with Crippen LogP contribution < -0.4 is 15.2 Å². The Kier molecular flexibility index (Phi) is 4.85. The number of thiophene rings is 1. The highest BCUT2D eigenvalue weighted by Crippen LogP contribution is 2.38. The number of esters is 1. The Labute approximate surface area is 140 Å². The highest BCUT2D eigenvalue weighted by Gasteiger charge is 2.22. The van der Waals surface area contributed by atoms with Crippen molar-refractivity contribution in [2.75, 3.05) is 20.0 Å². The summed E-state index contributed by atoms with van der Waals surface area (Å²) < 4.78 is 15.9. The Bertz CT molecular complexity index is 716. The molecule has 0 atom stereocenters. The van der Waals surface area contributed by atoms with Gasteiger partial charge in [-0.15, -0.1) is 11.3 Å². The molecule has 124 valence electrons. The number of hydrogen-bond donors (Lipinski definition) is 1. The van der Waals surface area contributed by atoms with Crippen molar-refractivity contribution < 1.29 is 19.0 Å². The lowest BCUT2D eigenvalue weighted by atomic mass is 10.1. The lowest BCUT2D eigenvalue weighted by Gasteiger charge is -2.18. The molecule has 0 saturated heterocycles. The number of nitrogens with two attached hydrogens (primary N) is 1. The Balaban J connectivity index is 2.36. The van der Waals surface area contributed by atoms with Crippen molar-refractivity contribution >= 4 is 23.0 Å². The molecule has 0 aliphatic rings. The van der Waals surface area contributed by atoms with Crippen LogP contribution in [0.3, 0.4) is 0 Å². The van der Waals surface area contributed by atoms with Gasteiger partial charge >= 0.3 is 5.97 Å². The van der Waals surface area contributed by atoms with E-state index < -0.39 is 11.6 Å². The number of ether oxygens (including phenoxy) is 3. The number of nitrogen functional groups attached to an aromatic ring is 1. The minimum atomic E-state index is -0.559. The molecule has 0 radical (unpaired) electrons. The number of rotatable bonds is 4. The minimum Gasteiger partial charge on any atom is -0.493 e. The summed E-state index contributed by atoms with van der Waals surface area (Å²) in [6, 6.07) is 7.33. The maximum atomic E-state index is 12.2. The third-order valence-electron chi connectivity index (χ3n) is 3.01. The van der Waals surface area contributed by atoms with Crippen LogP contribution in [0.15, 0.2) is 24.3 Å². The fourth-order valence-corrected chi connectivity index (χ4v) is 2.97. The van der Waals surface area contributed by atoms with E-state index in [0.717, 1.165) is 10.4 Å². The fraction of sp³-hybridized carbons (Fsp3) is 0.353. The van der Waals surface area contributed by atoms with E-state index in [2.05, 4.69) is 0 Å². The van der Waals surface area contributed by atoms with E-state index in [9.17, 15) is 4.79 Å². The molecule has 2 rings (SSSR count). The van der Waals surface area contributed by atoms with Crippen molar-refractivity contribution in [3.8, 4) is 21.9 Å². The fourth-order valence-electron chi connectivity index (χ4n) is 2.02. The largest absolute Gasteiger partial charge is 0.493 e. The molecule has 0 spiro atoms. The van der Waals surface area contributed by atoms with Crippen LogP contribution in [0.2, 0.25) is 0 Å². The van der Waals surface area contributed by atoms with Crippen LogP contribution in [0, 0.1) is 0 Å². The highest BCUT2D eigenvalue weighted by atomic mass is 32.1. The van der Waals surface area contributed by atoms with Crippen molar-refractivity contribution in [1.82, 2.24) is 0 Å². The molecule has 0 fully saturated rings. The van der Waals surface area contributed by atoms with E-state index in [0.29, 0.717) is 22.1 Å². The van der Waals surface area contributed by atoms with E-state index in [1.165, 1.54) is 11.3 Å². The number of carbonyl (C=O) groups excluding carboxylic acids is 1. The van der Waals surface area contributed by atoms with Crippen LogP contribution in [0.1, 0.15) is 30.4 Å². The molecule has 2 N–H and O–H groups in total.